The number of thiophene rings is 1. The van der Waals surface area contributed by atoms with E-state index in [2.05, 4.69) is 31.1 Å². The van der Waals surface area contributed by atoms with Crippen LogP contribution in [0, 0.1) is 0 Å². The molecule has 6 nitrogen and oxygen atoms in total. The van der Waals surface area contributed by atoms with E-state index in [-0.39, 0.29) is 12.1 Å². The van der Waals surface area contributed by atoms with Crippen molar-refractivity contribution >= 4 is 49.1 Å². The van der Waals surface area contributed by atoms with E-state index in [0.29, 0.717) is 32.5 Å². The van der Waals surface area contributed by atoms with Gasteiger partial charge in [0.15, 0.2) is 0 Å². The van der Waals surface area contributed by atoms with Gasteiger partial charge in [0.25, 0.3) is 5.56 Å². The largest absolute Gasteiger partial charge is 0.337 e. The van der Waals surface area contributed by atoms with E-state index < -0.39 is 0 Å². The Labute approximate surface area is 187 Å². The first-order valence-electron chi connectivity index (χ1n) is 8.90. The second-order valence-corrected chi connectivity index (χ2v) is 8.69. The molecular formula is C21H12BrClN4O2S. The van der Waals surface area contributed by atoms with Gasteiger partial charge < -0.3 is 4.52 Å². The Morgan fingerprint density at radius 1 is 1.10 bits per heavy atom. The number of aromatic nitrogens is 4. The van der Waals surface area contributed by atoms with Gasteiger partial charge in [-0.25, -0.2) is 4.98 Å². The lowest BCUT2D eigenvalue weighted by molar-refractivity contribution is 0.369. The molecule has 0 bridgehead atoms. The number of halogens is 2. The highest BCUT2D eigenvalue weighted by molar-refractivity contribution is 9.10. The molecule has 0 spiro atoms. The van der Waals surface area contributed by atoms with Crippen LogP contribution in [0.2, 0.25) is 5.02 Å². The first-order valence-corrected chi connectivity index (χ1v) is 11.0. The molecule has 0 unspecified atom stereocenters. The fraction of sp³-hybridized carbons (Fsp3) is 0.0476. The van der Waals surface area contributed by atoms with Gasteiger partial charge in [-0.15, -0.1) is 11.3 Å². The van der Waals surface area contributed by atoms with Crippen molar-refractivity contribution in [3.63, 3.8) is 0 Å². The van der Waals surface area contributed by atoms with Gasteiger partial charge >= 0.3 is 0 Å². The standard InChI is InChI=1S/C21H12BrClN4O2S/c22-13-7-5-12(6-8-13)15-10-30-20-18(15)21(28)27(11-24-20)9-17-25-19(26-29-17)14-3-1-2-4-16(14)23/h1-8,10-11H,9H2. The molecule has 0 amide bonds. The summed E-state index contributed by atoms with van der Waals surface area (Å²) in [6.07, 6.45) is 1.51. The lowest BCUT2D eigenvalue weighted by atomic mass is 10.1. The minimum absolute atomic E-state index is 0.120. The molecule has 5 rings (SSSR count). The van der Waals surface area contributed by atoms with Crippen LogP contribution < -0.4 is 5.56 Å². The van der Waals surface area contributed by atoms with E-state index >= 15 is 0 Å². The Morgan fingerprint density at radius 3 is 2.70 bits per heavy atom. The number of hydrogen-bond donors (Lipinski definition) is 0. The Balaban J connectivity index is 1.52. The molecule has 0 saturated carbocycles. The highest BCUT2D eigenvalue weighted by atomic mass is 79.9. The van der Waals surface area contributed by atoms with Gasteiger partial charge in [0, 0.05) is 21.0 Å². The first kappa shape index (κ1) is 19.2. The highest BCUT2D eigenvalue weighted by Gasteiger charge is 2.16. The molecule has 3 aromatic heterocycles. The molecule has 0 fully saturated rings. The molecule has 0 aliphatic rings. The normalized spacial score (nSPS) is 11.3. The third-order valence-electron chi connectivity index (χ3n) is 4.60. The van der Waals surface area contributed by atoms with Crippen molar-refractivity contribution in [2.75, 3.05) is 0 Å². The van der Waals surface area contributed by atoms with Crippen LogP contribution in [-0.4, -0.2) is 19.7 Å². The zero-order valence-corrected chi connectivity index (χ0v) is 18.4. The minimum Gasteiger partial charge on any atom is -0.337 e. The van der Waals surface area contributed by atoms with Crippen molar-refractivity contribution in [1.29, 1.82) is 0 Å². The fourth-order valence-electron chi connectivity index (χ4n) is 3.14. The summed E-state index contributed by atoms with van der Waals surface area (Å²) in [4.78, 5) is 22.7. The van der Waals surface area contributed by atoms with Crippen LogP contribution in [0.5, 0.6) is 0 Å². The average molecular weight is 500 g/mol. The zero-order chi connectivity index (χ0) is 20.7. The molecule has 9 heteroatoms. The van der Waals surface area contributed by atoms with Crippen molar-refractivity contribution < 1.29 is 4.52 Å². The van der Waals surface area contributed by atoms with Crippen molar-refractivity contribution in [3.8, 4) is 22.5 Å². The van der Waals surface area contributed by atoms with Gasteiger partial charge in [-0.05, 0) is 29.8 Å². The van der Waals surface area contributed by atoms with Crippen LogP contribution in [0.3, 0.4) is 0 Å². The summed E-state index contributed by atoms with van der Waals surface area (Å²) in [5, 5.41) is 7.05. The number of nitrogens with zero attached hydrogens (tertiary/aromatic N) is 4. The van der Waals surface area contributed by atoms with Crippen LogP contribution in [0.4, 0.5) is 0 Å². The van der Waals surface area contributed by atoms with Crippen molar-refractivity contribution in [1.82, 2.24) is 19.7 Å². The van der Waals surface area contributed by atoms with Crippen LogP contribution in [0.1, 0.15) is 5.89 Å². The fourth-order valence-corrected chi connectivity index (χ4v) is 4.53. The lowest BCUT2D eigenvalue weighted by Crippen LogP contribution is -2.21. The van der Waals surface area contributed by atoms with Crippen LogP contribution in [0.25, 0.3) is 32.7 Å². The number of rotatable bonds is 4. The van der Waals surface area contributed by atoms with Crippen molar-refractivity contribution in [2.24, 2.45) is 0 Å². The molecule has 0 radical (unpaired) electrons. The Hall–Kier alpha value is -2.81. The summed E-state index contributed by atoms with van der Waals surface area (Å²) < 4.78 is 7.80. The maximum Gasteiger partial charge on any atom is 0.263 e. The van der Waals surface area contributed by atoms with E-state index in [0.717, 1.165) is 15.6 Å². The third-order valence-corrected chi connectivity index (χ3v) is 6.35. The quantitative estimate of drug-likeness (QED) is 0.320. The number of hydrogen-bond acceptors (Lipinski definition) is 6. The number of benzene rings is 2. The predicted octanol–water partition coefficient (Wildman–Crippen LogP) is 5.64. The molecule has 0 aliphatic carbocycles. The van der Waals surface area contributed by atoms with Gasteiger partial charge in [0.05, 0.1) is 16.7 Å². The summed E-state index contributed by atoms with van der Waals surface area (Å²) in [5.41, 5.74) is 2.33. The van der Waals surface area contributed by atoms with E-state index in [1.54, 1.807) is 6.07 Å². The number of fused-ring (bicyclic) bond motifs is 1. The molecule has 0 aliphatic heterocycles. The second kappa shape index (κ2) is 7.79. The van der Waals surface area contributed by atoms with E-state index in [9.17, 15) is 4.79 Å². The molecule has 0 atom stereocenters. The van der Waals surface area contributed by atoms with Gasteiger partial charge in [-0.1, -0.05) is 57.0 Å². The Bertz CT molecular complexity index is 1430. The molecule has 0 N–H and O–H groups in total. The molecule has 148 valence electrons. The van der Waals surface area contributed by atoms with Gasteiger partial charge in [0.2, 0.25) is 11.7 Å². The molecule has 30 heavy (non-hydrogen) atoms. The van der Waals surface area contributed by atoms with E-state index in [1.807, 2.05) is 47.8 Å². The molecular weight excluding hydrogens is 488 g/mol. The second-order valence-electron chi connectivity index (χ2n) is 6.51. The topological polar surface area (TPSA) is 73.8 Å². The smallest absolute Gasteiger partial charge is 0.263 e. The molecule has 5 aromatic rings. The van der Waals surface area contributed by atoms with Gasteiger partial charge in [-0.3, -0.25) is 9.36 Å². The summed E-state index contributed by atoms with van der Waals surface area (Å²) in [7, 11) is 0. The van der Waals surface area contributed by atoms with Crippen molar-refractivity contribution in [2.45, 2.75) is 6.54 Å². The zero-order valence-electron chi connectivity index (χ0n) is 15.3. The highest BCUT2D eigenvalue weighted by Crippen LogP contribution is 2.31. The SMILES string of the molecule is O=c1c2c(-c3ccc(Br)cc3)csc2ncn1Cc1nc(-c2ccccc2Cl)no1. The summed E-state index contributed by atoms with van der Waals surface area (Å²) >= 11 is 11.1. The van der Waals surface area contributed by atoms with Gasteiger partial charge in [-0.2, -0.15) is 4.98 Å². The van der Waals surface area contributed by atoms with E-state index in [4.69, 9.17) is 16.1 Å². The molecule has 2 aromatic carbocycles. The maximum absolute atomic E-state index is 13.2. The Kier molecular flexibility index (Phi) is 4.98. The lowest BCUT2D eigenvalue weighted by Gasteiger charge is -2.04. The van der Waals surface area contributed by atoms with Crippen molar-refractivity contribution in [3.05, 3.63) is 86.0 Å². The maximum atomic E-state index is 13.2. The van der Waals surface area contributed by atoms with Crippen LogP contribution in [0.15, 0.2) is 74.0 Å². The third kappa shape index (κ3) is 3.47. The summed E-state index contributed by atoms with van der Waals surface area (Å²) in [5.74, 6) is 0.678. The van der Waals surface area contributed by atoms with E-state index in [1.165, 1.54) is 22.2 Å². The predicted molar refractivity (Wildman–Crippen MR) is 121 cm³/mol. The molecule has 0 saturated heterocycles. The van der Waals surface area contributed by atoms with Gasteiger partial charge in [0.1, 0.15) is 11.4 Å². The monoisotopic (exact) mass is 498 g/mol. The average Bonchev–Trinajstić information content (AvgIpc) is 3.39. The summed E-state index contributed by atoms with van der Waals surface area (Å²) in [6.45, 7) is 0.120. The molecule has 3 heterocycles. The summed E-state index contributed by atoms with van der Waals surface area (Å²) in [6, 6.07) is 15.1. The minimum atomic E-state index is -0.156. The van der Waals surface area contributed by atoms with Crippen LogP contribution >= 0.6 is 38.9 Å². The Morgan fingerprint density at radius 2 is 1.90 bits per heavy atom. The van der Waals surface area contributed by atoms with Crippen LogP contribution in [-0.2, 0) is 6.54 Å². The first-order chi connectivity index (χ1) is 14.6.